The van der Waals surface area contributed by atoms with Crippen LogP contribution in [-0.2, 0) is 6.42 Å². The van der Waals surface area contributed by atoms with E-state index in [2.05, 4.69) is 27.3 Å². The number of rotatable bonds is 2. The third-order valence-corrected chi connectivity index (χ3v) is 4.28. The highest BCUT2D eigenvalue weighted by Gasteiger charge is 2.21. The number of nitrogens with one attached hydrogen (secondary N) is 1. The summed E-state index contributed by atoms with van der Waals surface area (Å²) in [5.74, 6) is 0.611. The number of fused-ring (bicyclic) bond motifs is 1. The summed E-state index contributed by atoms with van der Waals surface area (Å²) >= 11 is 3.50. The van der Waals surface area contributed by atoms with Crippen LogP contribution in [0.2, 0.25) is 0 Å². The molecule has 1 aliphatic heterocycles. The molecule has 20 heavy (non-hydrogen) atoms. The number of halogens is 2. The number of aryl methyl sites for hydroxylation is 1. The third kappa shape index (κ3) is 2.52. The van der Waals surface area contributed by atoms with Gasteiger partial charge in [-0.05, 0) is 58.1 Å². The predicted octanol–water partition coefficient (Wildman–Crippen LogP) is 4.70. The van der Waals surface area contributed by atoms with Crippen LogP contribution in [0.5, 0.6) is 5.75 Å². The van der Waals surface area contributed by atoms with E-state index in [9.17, 15) is 4.39 Å². The van der Waals surface area contributed by atoms with Crippen LogP contribution >= 0.6 is 15.9 Å². The molecule has 1 atom stereocenters. The number of hydrogen-bond donors (Lipinski definition) is 1. The number of methoxy groups -OCH3 is 1. The van der Waals surface area contributed by atoms with Gasteiger partial charge in [-0.15, -0.1) is 0 Å². The number of hydrogen-bond acceptors (Lipinski definition) is 2. The second kappa shape index (κ2) is 5.44. The Kier molecular flexibility index (Phi) is 3.66. The Morgan fingerprint density at radius 1 is 1.30 bits per heavy atom. The molecule has 2 aromatic rings. The molecule has 104 valence electrons. The molecule has 0 fully saturated rings. The Hall–Kier alpha value is -1.55. The van der Waals surface area contributed by atoms with Gasteiger partial charge in [0.2, 0.25) is 0 Å². The lowest BCUT2D eigenvalue weighted by molar-refractivity contribution is 0.412. The monoisotopic (exact) mass is 335 g/mol. The molecular formula is C16H15BrFNO. The van der Waals surface area contributed by atoms with Crippen molar-refractivity contribution < 1.29 is 9.13 Å². The van der Waals surface area contributed by atoms with Crippen LogP contribution in [0.15, 0.2) is 40.9 Å². The SMILES string of the molecule is COc1cc2c(cc1Br)CCC(c1cccc(F)c1)N2. The molecule has 0 radical (unpaired) electrons. The summed E-state index contributed by atoms with van der Waals surface area (Å²) in [4.78, 5) is 0. The van der Waals surface area contributed by atoms with Gasteiger partial charge in [0.05, 0.1) is 17.6 Å². The van der Waals surface area contributed by atoms with Gasteiger partial charge in [0.1, 0.15) is 11.6 Å². The maximum absolute atomic E-state index is 13.3. The standard InChI is InChI=1S/C16H15BrFNO/c1-20-16-9-15-11(8-13(16)17)5-6-14(19-15)10-3-2-4-12(18)7-10/h2-4,7-9,14,19H,5-6H2,1H3. The molecule has 4 heteroatoms. The van der Waals surface area contributed by atoms with E-state index < -0.39 is 0 Å². The van der Waals surface area contributed by atoms with Gasteiger partial charge in [-0.1, -0.05) is 12.1 Å². The molecule has 0 spiro atoms. The molecule has 1 aliphatic rings. The van der Waals surface area contributed by atoms with Crippen molar-refractivity contribution in [2.24, 2.45) is 0 Å². The van der Waals surface area contributed by atoms with Crippen molar-refractivity contribution >= 4 is 21.6 Å². The van der Waals surface area contributed by atoms with Gasteiger partial charge in [0.25, 0.3) is 0 Å². The normalized spacial score (nSPS) is 17.2. The number of benzene rings is 2. The van der Waals surface area contributed by atoms with Crippen molar-refractivity contribution in [1.82, 2.24) is 0 Å². The minimum Gasteiger partial charge on any atom is -0.495 e. The highest BCUT2D eigenvalue weighted by Crippen LogP contribution is 2.38. The summed E-state index contributed by atoms with van der Waals surface area (Å²) in [5, 5.41) is 3.47. The van der Waals surface area contributed by atoms with Crippen LogP contribution in [0.25, 0.3) is 0 Å². The molecule has 2 aromatic carbocycles. The molecule has 1 unspecified atom stereocenters. The van der Waals surface area contributed by atoms with Crippen LogP contribution in [0, 0.1) is 5.82 Å². The van der Waals surface area contributed by atoms with Crippen molar-refractivity contribution in [3.8, 4) is 5.75 Å². The Labute approximate surface area is 126 Å². The maximum atomic E-state index is 13.3. The summed E-state index contributed by atoms with van der Waals surface area (Å²) in [7, 11) is 1.65. The molecule has 1 heterocycles. The highest BCUT2D eigenvalue weighted by molar-refractivity contribution is 9.10. The number of anilines is 1. The van der Waals surface area contributed by atoms with Gasteiger partial charge in [-0.25, -0.2) is 4.39 Å². The zero-order valence-electron chi connectivity index (χ0n) is 11.1. The van der Waals surface area contributed by atoms with Crippen LogP contribution in [0.1, 0.15) is 23.6 Å². The molecule has 3 rings (SSSR count). The lowest BCUT2D eigenvalue weighted by Gasteiger charge is -2.28. The lowest BCUT2D eigenvalue weighted by atomic mass is 9.93. The first kappa shape index (κ1) is 13.4. The van der Waals surface area contributed by atoms with E-state index in [-0.39, 0.29) is 11.9 Å². The molecule has 0 aromatic heterocycles. The molecule has 0 bridgehead atoms. The van der Waals surface area contributed by atoms with Crippen molar-refractivity contribution in [1.29, 1.82) is 0 Å². The third-order valence-electron chi connectivity index (χ3n) is 3.66. The van der Waals surface area contributed by atoms with E-state index in [1.807, 2.05) is 12.1 Å². The van der Waals surface area contributed by atoms with Gasteiger partial charge in [0, 0.05) is 11.8 Å². The van der Waals surface area contributed by atoms with E-state index in [1.165, 1.54) is 11.6 Å². The first-order valence-corrected chi connectivity index (χ1v) is 7.35. The Bertz CT molecular complexity index is 644. The topological polar surface area (TPSA) is 21.3 Å². The Balaban J connectivity index is 1.91. The maximum Gasteiger partial charge on any atom is 0.135 e. The number of ether oxygens (including phenoxy) is 1. The Morgan fingerprint density at radius 3 is 2.90 bits per heavy atom. The summed E-state index contributed by atoms with van der Waals surface area (Å²) in [5.41, 5.74) is 3.30. The van der Waals surface area contributed by atoms with Gasteiger partial charge in [0.15, 0.2) is 0 Å². The van der Waals surface area contributed by atoms with Gasteiger partial charge in [-0.3, -0.25) is 0 Å². The van der Waals surface area contributed by atoms with E-state index >= 15 is 0 Å². The first-order valence-electron chi connectivity index (χ1n) is 6.56. The summed E-state index contributed by atoms with van der Waals surface area (Å²) in [6.07, 6.45) is 1.92. The summed E-state index contributed by atoms with van der Waals surface area (Å²) in [6, 6.07) is 11.0. The van der Waals surface area contributed by atoms with Crippen molar-refractivity contribution in [3.05, 3.63) is 57.8 Å². The smallest absolute Gasteiger partial charge is 0.135 e. The zero-order chi connectivity index (χ0) is 14.1. The summed E-state index contributed by atoms with van der Waals surface area (Å²) < 4.78 is 19.6. The molecule has 0 saturated heterocycles. The minimum absolute atomic E-state index is 0.143. The molecule has 2 nitrogen and oxygen atoms in total. The van der Waals surface area contributed by atoms with Crippen LogP contribution in [0.3, 0.4) is 0 Å². The van der Waals surface area contributed by atoms with Gasteiger partial charge >= 0.3 is 0 Å². The van der Waals surface area contributed by atoms with E-state index in [0.29, 0.717) is 0 Å². The molecular weight excluding hydrogens is 321 g/mol. The fraction of sp³-hybridized carbons (Fsp3) is 0.250. The van der Waals surface area contributed by atoms with E-state index in [1.54, 1.807) is 19.2 Å². The average Bonchev–Trinajstić information content (AvgIpc) is 2.46. The average molecular weight is 336 g/mol. The van der Waals surface area contributed by atoms with Crippen molar-refractivity contribution in [3.63, 3.8) is 0 Å². The predicted molar refractivity (Wildman–Crippen MR) is 81.8 cm³/mol. The zero-order valence-corrected chi connectivity index (χ0v) is 12.7. The first-order chi connectivity index (χ1) is 9.67. The second-order valence-electron chi connectivity index (χ2n) is 4.93. The van der Waals surface area contributed by atoms with Crippen LogP contribution < -0.4 is 10.1 Å². The van der Waals surface area contributed by atoms with Crippen LogP contribution in [0.4, 0.5) is 10.1 Å². The fourth-order valence-corrected chi connectivity index (χ4v) is 3.18. The minimum atomic E-state index is -0.191. The second-order valence-corrected chi connectivity index (χ2v) is 5.79. The lowest BCUT2D eigenvalue weighted by Crippen LogP contribution is -2.18. The molecule has 0 amide bonds. The highest BCUT2D eigenvalue weighted by atomic mass is 79.9. The quantitative estimate of drug-likeness (QED) is 0.859. The van der Waals surface area contributed by atoms with E-state index in [4.69, 9.17) is 4.74 Å². The van der Waals surface area contributed by atoms with E-state index in [0.717, 1.165) is 34.3 Å². The summed E-state index contributed by atoms with van der Waals surface area (Å²) in [6.45, 7) is 0. The molecule has 1 N–H and O–H groups in total. The van der Waals surface area contributed by atoms with Gasteiger partial charge < -0.3 is 10.1 Å². The van der Waals surface area contributed by atoms with Crippen LogP contribution in [-0.4, -0.2) is 7.11 Å². The van der Waals surface area contributed by atoms with Gasteiger partial charge in [-0.2, -0.15) is 0 Å². The largest absolute Gasteiger partial charge is 0.495 e. The molecule has 0 saturated carbocycles. The van der Waals surface area contributed by atoms with Crippen molar-refractivity contribution in [2.45, 2.75) is 18.9 Å². The Morgan fingerprint density at radius 2 is 2.15 bits per heavy atom. The van der Waals surface area contributed by atoms with Crippen molar-refractivity contribution in [2.75, 3.05) is 12.4 Å². The fourth-order valence-electron chi connectivity index (χ4n) is 2.63. The molecule has 0 aliphatic carbocycles.